The number of Topliss-reactive ketones (excluding diaryl/α,β-unsaturated/α-hetero) is 1. The number of ketones is 1. The van der Waals surface area contributed by atoms with Gasteiger partial charge in [-0.05, 0) is 36.8 Å². The number of amides is 1. The number of benzene rings is 1. The summed E-state index contributed by atoms with van der Waals surface area (Å²) >= 11 is 0. The fourth-order valence-corrected chi connectivity index (χ4v) is 2.49. The van der Waals surface area contributed by atoms with Gasteiger partial charge in [0.1, 0.15) is 11.9 Å². The van der Waals surface area contributed by atoms with E-state index in [4.69, 9.17) is 10.6 Å². The first kappa shape index (κ1) is 14.5. The second-order valence-electron chi connectivity index (χ2n) is 5.12. The lowest BCUT2D eigenvalue weighted by Crippen LogP contribution is -2.15. The summed E-state index contributed by atoms with van der Waals surface area (Å²) in [5.41, 5.74) is 6.98. The van der Waals surface area contributed by atoms with E-state index in [2.05, 4.69) is 4.89 Å². The highest BCUT2D eigenvalue weighted by atomic mass is 17.2. The third kappa shape index (κ3) is 3.81. The van der Waals surface area contributed by atoms with Crippen LogP contribution >= 0.6 is 0 Å². The third-order valence-corrected chi connectivity index (χ3v) is 3.70. The van der Waals surface area contributed by atoms with Gasteiger partial charge in [-0.25, -0.2) is 4.79 Å². The number of rotatable bonds is 4. The van der Waals surface area contributed by atoms with Gasteiger partial charge >= 0.3 is 6.09 Å². The molecule has 1 aliphatic rings. The van der Waals surface area contributed by atoms with E-state index in [9.17, 15) is 9.59 Å². The summed E-state index contributed by atoms with van der Waals surface area (Å²) in [4.78, 5) is 30.9. The Morgan fingerprint density at radius 1 is 1.25 bits per heavy atom. The van der Waals surface area contributed by atoms with Gasteiger partial charge in [0.25, 0.3) is 0 Å². The predicted octanol–water partition coefficient (Wildman–Crippen LogP) is 3.00. The maximum atomic E-state index is 11.2. The molecule has 0 aromatic heterocycles. The first-order valence-corrected chi connectivity index (χ1v) is 6.80. The molecule has 1 amide bonds. The van der Waals surface area contributed by atoms with Crippen molar-refractivity contribution in [3.63, 3.8) is 0 Å². The molecule has 20 heavy (non-hydrogen) atoms. The zero-order valence-electron chi connectivity index (χ0n) is 11.5. The van der Waals surface area contributed by atoms with Gasteiger partial charge < -0.3 is 5.73 Å². The summed E-state index contributed by atoms with van der Waals surface area (Å²) in [7, 11) is 0. The summed E-state index contributed by atoms with van der Waals surface area (Å²) in [5, 5.41) is 0. The highest BCUT2D eigenvalue weighted by molar-refractivity contribution is 5.79. The predicted molar refractivity (Wildman–Crippen MR) is 72.8 cm³/mol. The molecule has 1 aliphatic carbocycles. The molecule has 1 fully saturated rings. The number of carbonyl (C=O) groups is 2. The highest BCUT2D eigenvalue weighted by Crippen LogP contribution is 2.31. The molecule has 5 nitrogen and oxygen atoms in total. The molecule has 108 valence electrons. The Morgan fingerprint density at radius 3 is 2.40 bits per heavy atom. The Hall–Kier alpha value is -1.88. The van der Waals surface area contributed by atoms with Crippen molar-refractivity contribution in [1.82, 2.24) is 0 Å². The molecule has 0 saturated heterocycles. The normalized spacial score (nSPS) is 17.8. The van der Waals surface area contributed by atoms with Crippen LogP contribution < -0.4 is 5.73 Å². The minimum Gasteiger partial charge on any atom is -0.333 e. The van der Waals surface area contributed by atoms with E-state index in [0.29, 0.717) is 24.5 Å². The SMILES string of the molecule is CC(OOC(N)=O)c1ccc(C2CCC(=O)CC2)cc1. The van der Waals surface area contributed by atoms with E-state index in [1.54, 1.807) is 6.92 Å². The van der Waals surface area contributed by atoms with Crippen LogP contribution in [0.3, 0.4) is 0 Å². The Balaban J connectivity index is 1.95. The molecule has 2 N–H and O–H groups in total. The van der Waals surface area contributed by atoms with E-state index >= 15 is 0 Å². The summed E-state index contributed by atoms with van der Waals surface area (Å²) in [5.74, 6) is 0.823. The molecule has 5 heteroatoms. The van der Waals surface area contributed by atoms with Gasteiger partial charge in [-0.2, -0.15) is 4.89 Å². The number of carbonyl (C=O) groups excluding carboxylic acids is 2. The lowest BCUT2D eigenvalue weighted by atomic mass is 9.83. The number of primary amides is 1. The van der Waals surface area contributed by atoms with Gasteiger partial charge in [0, 0.05) is 12.8 Å². The van der Waals surface area contributed by atoms with Crippen LogP contribution in [0.5, 0.6) is 0 Å². The van der Waals surface area contributed by atoms with Crippen LogP contribution in [0.2, 0.25) is 0 Å². The topological polar surface area (TPSA) is 78.6 Å². The highest BCUT2D eigenvalue weighted by Gasteiger charge is 2.20. The van der Waals surface area contributed by atoms with Gasteiger partial charge in [-0.3, -0.25) is 9.68 Å². The first-order valence-electron chi connectivity index (χ1n) is 6.80. The lowest BCUT2D eigenvalue weighted by Gasteiger charge is -2.21. The van der Waals surface area contributed by atoms with Gasteiger partial charge in [-0.1, -0.05) is 24.3 Å². The van der Waals surface area contributed by atoms with Crippen LogP contribution in [-0.2, 0) is 14.6 Å². The molecule has 0 spiro atoms. The van der Waals surface area contributed by atoms with Gasteiger partial charge in [0.05, 0.1) is 0 Å². The van der Waals surface area contributed by atoms with E-state index in [1.807, 2.05) is 24.3 Å². The van der Waals surface area contributed by atoms with Crippen LogP contribution in [0.25, 0.3) is 0 Å². The maximum Gasteiger partial charge on any atom is 0.436 e. The number of hydrogen-bond donors (Lipinski definition) is 1. The van der Waals surface area contributed by atoms with Crippen molar-refractivity contribution in [2.45, 2.75) is 44.6 Å². The second kappa shape index (κ2) is 6.52. The van der Waals surface area contributed by atoms with Crippen molar-refractivity contribution in [2.75, 3.05) is 0 Å². The van der Waals surface area contributed by atoms with Crippen molar-refractivity contribution < 1.29 is 19.4 Å². The van der Waals surface area contributed by atoms with Crippen molar-refractivity contribution in [3.05, 3.63) is 35.4 Å². The Labute approximate surface area is 118 Å². The summed E-state index contributed by atoms with van der Waals surface area (Å²) in [6.07, 6.45) is 1.88. The molecule has 1 saturated carbocycles. The third-order valence-electron chi connectivity index (χ3n) is 3.70. The van der Waals surface area contributed by atoms with Crippen LogP contribution in [0.4, 0.5) is 4.79 Å². The molecule has 1 aromatic rings. The molecule has 1 unspecified atom stereocenters. The van der Waals surface area contributed by atoms with Crippen molar-refractivity contribution >= 4 is 11.9 Å². The Morgan fingerprint density at radius 2 is 1.85 bits per heavy atom. The van der Waals surface area contributed by atoms with E-state index in [0.717, 1.165) is 18.4 Å². The second-order valence-corrected chi connectivity index (χ2v) is 5.12. The molecule has 0 aliphatic heterocycles. The fraction of sp³-hybridized carbons (Fsp3) is 0.467. The fourth-order valence-electron chi connectivity index (χ4n) is 2.49. The number of nitrogens with two attached hydrogens (primary N) is 1. The van der Waals surface area contributed by atoms with E-state index in [1.165, 1.54) is 5.56 Å². The zero-order chi connectivity index (χ0) is 14.5. The largest absolute Gasteiger partial charge is 0.436 e. The van der Waals surface area contributed by atoms with Gasteiger partial charge in [-0.15, -0.1) is 0 Å². The molecule has 2 rings (SSSR count). The molecular weight excluding hydrogens is 258 g/mol. The summed E-state index contributed by atoms with van der Waals surface area (Å²) in [6, 6.07) is 7.97. The molecule has 1 atom stereocenters. The monoisotopic (exact) mass is 277 g/mol. The first-order chi connectivity index (χ1) is 9.56. The standard InChI is InChI=1S/C15H19NO4/c1-10(19-20-15(16)18)11-2-4-12(5-3-11)13-6-8-14(17)9-7-13/h2-5,10,13H,6-9H2,1H3,(H2,16,18). The average molecular weight is 277 g/mol. The van der Waals surface area contributed by atoms with Crippen molar-refractivity contribution in [1.29, 1.82) is 0 Å². The quantitative estimate of drug-likeness (QED) is 0.677. The van der Waals surface area contributed by atoms with Crippen molar-refractivity contribution in [2.24, 2.45) is 5.73 Å². The van der Waals surface area contributed by atoms with Crippen molar-refractivity contribution in [3.8, 4) is 0 Å². The summed E-state index contributed by atoms with van der Waals surface area (Å²) < 4.78 is 0. The summed E-state index contributed by atoms with van der Waals surface area (Å²) in [6.45, 7) is 1.78. The minimum absolute atomic E-state index is 0.364. The van der Waals surface area contributed by atoms with Gasteiger partial charge in [0.2, 0.25) is 0 Å². The Bertz CT molecular complexity index is 473. The van der Waals surface area contributed by atoms with E-state index < -0.39 is 6.09 Å². The van der Waals surface area contributed by atoms with Gasteiger partial charge in [0.15, 0.2) is 0 Å². The molecule has 0 heterocycles. The smallest absolute Gasteiger partial charge is 0.333 e. The number of hydrogen-bond acceptors (Lipinski definition) is 4. The Kier molecular flexibility index (Phi) is 4.74. The maximum absolute atomic E-state index is 11.2. The zero-order valence-corrected chi connectivity index (χ0v) is 11.5. The van der Waals surface area contributed by atoms with Crippen LogP contribution in [0.1, 0.15) is 55.8 Å². The average Bonchev–Trinajstić information content (AvgIpc) is 2.46. The van der Waals surface area contributed by atoms with Crippen LogP contribution in [-0.4, -0.2) is 11.9 Å². The van der Waals surface area contributed by atoms with E-state index in [-0.39, 0.29) is 6.10 Å². The van der Waals surface area contributed by atoms with Crippen LogP contribution in [0, 0.1) is 0 Å². The molecular formula is C15H19NO4. The molecule has 1 aromatic carbocycles. The lowest BCUT2D eigenvalue weighted by molar-refractivity contribution is -0.269. The molecule has 0 radical (unpaired) electrons. The molecule has 0 bridgehead atoms. The van der Waals surface area contributed by atoms with Crippen LogP contribution in [0.15, 0.2) is 24.3 Å². The minimum atomic E-state index is -0.958.